The summed E-state index contributed by atoms with van der Waals surface area (Å²) in [6, 6.07) is 4.64. The van der Waals surface area contributed by atoms with Crippen LogP contribution in [0.25, 0.3) is 10.9 Å². The van der Waals surface area contributed by atoms with E-state index in [1.54, 1.807) is 6.20 Å². The highest BCUT2D eigenvalue weighted by molar-refractivity contribution is 7.98. The first-order chi connectivity index (χ1) is 16.2. The molecule has 0 saturated carbocycles. The van der Waals surface area contributed by atoms with Gasteiger partial charge in [0.25, 0.3) is 0 Å². The molecule has 0 spiro atoms. The predicted octanol–water partition coefficient (Wildman–Crippen LogP) is -0.101. The van der Waals surface area contributed by atoms with Crippen molar-refractivity contribution in [3.05, 3.63) is 36.0 Å². The molecule has 12 heteroatoms. The molecule has 0 bridgehead atoms. The number of aliphatic carboxylic acids is 1. The van der Waals surface area contributed by atoms with Crippen molar-refractivity contribution >= 4 is 46.4 Å². The third kappa shape index (κ3) is 8.27. The number of thioether (sulfide) groups is 1. The lowest BCUT2D eigenvalue weighted by atomic mass is 10.0. The van der Waals surface area contributed by atoms with Crippen molar-refractivity contribution in [3.63, 3.8) is 0 Å². The Labute approximate surface area is 202 Å². The van der Waals surface area contributed by atoms with Crippen LogP contribution in [0.1, 0.15) is 24.8 Å². The van der Waals surface area contributed by atoms with Gasteiger partial charge < -0.3 is 37.9 Å². The average Bonchev–Trinajstić information content (AvgIpc) is 3.21. The number of carbonyl (C=O) groups excluding carboxylic acids is 2. The Hall–Kier alpha value is -3.25. The van der Waals surface area contributed by atoms with Crippen molar-refractivity contribution in [3.8, 4) is 0 Å². The van der Waals surface area contributed by atoms with Crippen molar-refractivity contribution in [2.75, 3.05) is 18.6 Å². The number of rotatable bonds is 14. The van der Waals surface area contributed by atoms with Gasteiger partial charge in [-0.25, -0.2) is 4.79 Å². The summed E-state index contributed by atoms with van der Waals surface area (Å²) in [4.78, 5) is 44.4. The molecule has 0 aliphatic heterocycles. The van der Waals surface area contributed by atoms with Crippen LogP contribution in [-0.4, -0.2) is 70.5 Å². The quantitative estimate of drug-likeness (QED) is 0.108. The molecular formula is C22H33N7O4S. The Balaban J connectivity index is 2.15. The molecule has 0 saturated heterocycles. The number of hydrogen-bond donors (Lipinski definition) is 7. The molecule has 2 rings (SSSR count). The number of amides is 2. The van der Waals surface area contributed by atoms with Crippen molar-refractivity contribution in [1.82, 2.24) is 15.6 Å². The fourth-order valence-corrected chi connectivity index (χ4v) is 3.90. The summed E-state index contributed by atoms with van der Waals surface area (Å²) in [5.41, 5.74) is 18.3. The molecular weight excluding hydrogens is 458 g/mol. The summed E-state index contributed by atoms with van der Waals surface area (Å²) >= 11 is 1.48. The Morgan fingerprint density at radius 1 is 1.12 bits per heavy atom. The third-order valence-corrected chi connectivity index (χ3v) is 5.91. The van der Waals surface area contributed by atoms with E-state index in [2.05, 4.69) is 20.6 Å². The maximum atomic E-state index is 13.1. The number of guanidine groups is 1. The topological polar surface area (TPSA) is 202 Å². The standard InChI is InChI=1S/C22H33N7O4S/c1-34-10-8-17(21(32)33)28-20(31)18(11-13-12-27-16-7-3-2-5-14(13)16)29-19(30)15(23)6-4-9-26-22(24)25/h2-3,5,7,12,15,17-18,27H,4,6,8-11,23H2,1H3,(H,28,31)(H,29,30)(H,32,33)(H4,24,25,26)/t15-,17-,18-/m0/s1. The van der Waals surface area contributed by atoms with Gasteiger partial charge in [0.05, 0.1) is 6.04 Å². The SMILES string of the molecule is CSCC[C@H](NC(=O)[C@H](Cc1c[nH]c2ccccc12)NC(=O)[C@@H](N)CCCN=C(N)N)C(=O)O. The van der Waals surface area contributed by atoms with Crippen LogP contribution in [0.3, 0.4) is 0 Å². The summed E-state index contributed by atoms with van der Waals surface area (Å²) < 4.78 is 0. The Morgan fingerprint density at radius 2 is 1.82 bits per heavy atom. The van der Waals surface area contributed by atoms with Crippen molar-refractivity contribution in [1.29, 1.82) is 0 Å². The van der Waals surface area contributed by atoms with Gasteiger partial charge in [0.2, 0.25) is 11.8 Å². The second-order valence-electron chi connectivity index (χ2n) is 7.86. The number of nitrogens with two attached hydrogens (primary N) is 3. The summed E-state index contributed by atoms with van der Waals surface area (Å²) in [7, 11) is 0. The summed E-state index contributed by atoms with van der Waals surface area (Å²) in [6.07, 6.45) is 4.86. The van der Waals surface area contributed by atoms with Gasteiger partial charge in [0.15, 0.2) is 5.96 Å². The molecule has 0 aliphatic rings. The number of aromatic nitrogens is 1. The predicted molar refractivity (Wildman–Crippen MR) is 134 cm³/mol. The molecule has 1 aromatic heterocycles. The highest BCUT2D eigenvalue weighted by Gasteiger charge is 2.28. The molecule has 2 amide bonds. The van der Waals surface area contributed by atoms with E-state index in [0.29, 0.717) is 25.1 Å². The number of carboxylic acid groups (broad SMARTS) is 1. The Bertz CT molecular complexity index is 1010. The van der Waals surface area contributed by atoms with Crippen LogP contribution < -0.4 is 27.8 Å². The lowest BCUT2D eigenvalue weighted by Crippen LogP contribution is -2.55. The lowest BCUT2D eigenvalue weighted by Gasteiger charge is -2.23. The van der Waals surface area contributed by atoms with Gasteiger partial charge in [-0.15, -0.1) is 0 Å². The zero-order chi connectivity index (χ0) is 25.1. The van der Waals surface area contributed by atoms with Gasteiger partial charge in [0.1, 0.15) is 12.1 Å². The molecule has 0 radical (unpaired) electrons. The zero-order valence-corrected chi connectivity index (χ0v) is 19.9. The van der Waals surface area contributed by atoms with Crippen LogP contribution in [0.15, 0.2) is 35.5 Å². The number of carboxylic acids is 1. The van der Waals surface area contributed by atoms with Crippen molar-refractivity contribution in [2.24, 2.45) is 22.2 Å². The first kappa shape index (κ1) is 27.0. The molecule has 34 heavy (non-hydrogen) atoms. The summed E-state index contributed by atoms with van der Waals surface area (Å²) in [5.74, 6) is -1.70. The fraction of sp³-hybridized carbons (Fsp3) is 0.455. The number of aromatic amines is 1. The van der Waals surface area contributed by atoms with Gasteiger partial charge in [-0.2, -0.15) is 11.8 Å². The van der Waals surface area contributed by atoms with Crippen LogP contribution in [0.5, 0.6) is 0 Å². The summed E-state index contributed by atoms with van der Waals surface area (Å²) in [6.45, 7) is 0.332. The smallest absolute Gasteiger partial charge is 0.326 e. The molecule has 10 N–H and O–H groups in total. The minimum atomic E-state index is -1.13. The number of para-hydroxylation sites is 1. The molecule has 11 nitrogen and oxygen atoms in total. The second-order valence-corrected chi connectivity index (χ2v) is 8.85. The van der Waals surface area contributed by atoms with Gasteiger partial charge in [-0.1, -0.05) is 18.2 Å². The fourth-order valence-electron chi connectivity index (χ4n) is 3.42. The minimum absolute atomic E-state index is 0.0389. The number of benzene rings is 1. The van der Waals surface area contributed by atoms with Gasteiger partial charge in [0, 0.05) is 30.1 Å². The van der Waals surface area contributed by atoms with E-state index >= 15 is 0 Å². The second kappa shape index (κ2) is 13.5. The highest BCUT2D eigenvalue weighted by atomic mass is 32.2. The molecule has 0 fully saturated rings. The van der Waals surface area contributed by atoms with E-state index in [1.807, 2.05) is 30.5 Å². The lowest BCUT2D eigenvalue weighted by molar-refractivity contribution is -0.142. The van der Waals surface area contributed by atoms with Gasteiger partial charge >= 0.3 is 5.97 Å². The van der Waals surface area contributed by atoms with Crippen LogP contribution >= 0.6 is 11.8 Å². The monoisotopic (exact) mass is 491 g/mol. The molecule has 3 atom stereocenters. The Morgan fingerprint density at radius 3 is 2.50 bits per heavy atom. The highest BCUT2D eigenvalue weighted by Crippen LogP contribution is 2.19. The number of nitrogens with one attached hydrogen (secondary N) is 3. The van der Waals surface area contributed by atoms with Crippen molar-refractivity contribution < 1.29 is 19.5 Å². The van der Waals surface area contributed by atoms with E-state index < -0.39 is 35.9 Å². The molecule has 2 aromatic rings. The van der Waals surface area contributed by atoms with Crippen molar-refractivity contribution in [2.45, 2.75) is 43.8 Å². The Kier molecular flexibility index (Phi) is 10.7. The number of H-pyrrole nitrogens is 1. The van der Waals surface area contributed by atoms with E-state index in [1.165, 1.54) is 11.8 Å². The van der Waals surface area contributed by atoms with Crippen LogP contribution in [-0.2, 0) is 20.8 Å². The first-order valence-corrected chi connectivity index (χ1v) is 12.3. The van der Waals surface area contributed by atoms with Crippen LogP contribution in [0, 0.1) is 0 Å². The van der Waals surface area contributed by atoms with Gasteiger partial charge in [-0.3, -0.25) is 14.6 Å². The molecule has 1 aromatic carbocycles. The maximum Gasteiger partial charge on any atom is 0.326 e. The molecule has 0 unspecified atom stereocenters. The van der Waals surface area contributed by atoms with E-state index in [4.69, 9.17) is 17.2 Å². The molecule has 1 heterocycles. The minimum Gasteiger partial charge on any atom is -0.480 e. The molecule has 186 valence electrons. The zero-order valence-electron chi connectivity index (χ0n) is 19.1. The third-order valence-electron chi connectivity index (χ3n) is 5.26. The van der Waals surface area contributed by atoms with Crippen LogP contribution in [0.2, 0.25) is 0 Å². The number of fused-ring (bicyclic) bond motifs is 1. The summed E-state index contributed by atoms with van der Waals surface area (Å²) in [5, 5.41) is 15.7. The number of carbonyl (C=O) groups is 3. The number of nitrogens with zero attached hydrogens (tertiary/aromatic N) is 1. The first-order valence-electron chi connectivity index (χ1n) is 10.9. The van der Waals surface area contributed by atoms with Gasteiger partial charge in [-0.05, 0) is 42.9 Å². The largest absolute Gasteiger partial charge is 0.480 e. The number of hydrogen-bond acceptors (Lipinski definition) is 6. The van der Waals surface area contributed by atoms with E-state index in [-0.39, 0.29) is 18.8 Å². The normalized spacial score (nSPS) is 13.6. The maximum absolute atomic E-state index is 13.1. The van der Waals surface area contributed by atoms with Crippen LogP contribution in [0.4, 0.5) is 0 Å². The van der Waals surface area contributed by atoms with E-state index in [9.17, 15) is 19.5 Å². The van der Waals surface area contributed by atoms with E-state index in [0.717, 1.165) is 16.5 Å². The number of aliphatic imine (C=N–C) groups is 1. The average molecular weight is 492 g/mol. The molecule has 0 aliphatic carbocycles.